The van der Waals surface area contributed by atoms with E-state index in [1.165, 1.54) is 6.42 Å². The third-order valence-corrected chi connectivity index (χ3v) is 6.42. The predicted octanol–water partition coefficient (Wildman–Crippen LogP) is 4.94. The quantitative estimate of drug-likeness (QED) is 0.432. The Morgan fingerprint density at radius 3 is 2.53 bits per heavy atom. The van der Waals surface area contributed by atoms with Crippen LogP contribution in [0, 0.1) is 0 Å². The predicted molar refractivity (Wildman–Crippen MR) is 121 cm³/mol. The normalized spacial score (nSPS) is 15.1. The van der Waals surface area contributed by atoms with E-state index >= 15 is 0 Å². The smallest absolute Gasteiger partial charge is 0.271 e. The first-order chi connectivity index (χ1) is 14.6. The zero-order valence-electron chi connectivity index (χ0n) is 16.8. The lowest BCUT2D eigenvalue weighted by atomic mass is 9.88. The van der Waals surface area contributed by atoms with E-state index in [4.69, 9.17) is 16.6 Å². The van der Waals surface area contributed by atoms with E-state index in [9.17, 15) is 9.59 Å². The lowest BCUT2D eigenvalue weighted by Gasteiger charge is -2.25. The van der Waals surface area contributed by atoms with Gasteiger partial charge in [0.1, 0.15) is 11.2 Å². The fourth-order valence-corrected chi connectivity index (χ4v) is 4.86. The zero-order chi connectivity index (χ0) is 20.8. The summed E-state index contributed by atoms with van der Waals surface area (Å²) in [5, 5.41) is 1.19. The van der Waals surface area contributed by atoms with Gasteiger partial charge in [0.2, 0.25) is 5.43 Å². The number of pyridine rings is 1. The Kier molecular flexibility index (Phi) is 4.70. The molecule has 5 nitrogen and oxygen atoms in total. The van der Waals surface area contributed by atoms with Crippen molar-refractivity contribution in [1.82, 2.24) is 14.1 Å². The molecule has 0 amide bonds. The van der Waals surface area contributed by atoms with Crippen LogP contribution < -0.4 is 11.0 Å². The number of fused-ring (bicyclic) bond motifs is 2. The molecule has 2 heterocycles. The van der Waals surface area contributed by atoms with Crippen LogP contribution in [0.2, 0.25) is 5.02 Å². The number of benzene rings is 2. The first-order valence-corrected chi connectivity index (χ1v) is 10.7. The van der Waals surface area contributed by atoms with Crippen LogP contribution in [-0.4, -0.2) is 14.1 Å². The van der Waals surface area contributed by atoms with Crippen molar-refractivity contribution in [3.8, 4) is 5.69 Å². The van der Waals surface area contributed by atoms with Crippen LogP contribution in [-0.2, 0) is 7.05 Å². The summed E-state index contributed by atoms with van der Waals surface area (Å²) < 4.78 is 3.47. The second-order valence-corrected chi connectivity index (χ2v) is 8.47. The van der Waals surface area contributed by atoms with Crippen molar-refractivity contribution in [2.75, 3.05) is 0 Å². The fraction of sp³-hybridized carbons (Fsp3) is 0.292. The van der Waals surface area contributed by atoms with Crippen molar-refractivity contribution in [3.63, 3.8) is 0 Å². The van der Waals surface area contributed by atoms with E-state index in [0.29, 0.717) is 21.7 Å². The van der Waals surface area contributed by atoms with Gasteiger partial charge in [0.05, 0.1) is 11.2 Å². The van der Waals surface area contributed by atoms with Crippen LogP contribution in [0.25, 0.3) is 27.6 Å². The molecule has 0 bridgehead atoms. The molecule has 1 aliphatic rings. The lowest BCUT2D eigenvalue weighted by molar-refractivity contribution is 0.422. The molecule has 5 rings (SSSR count). The van der Waals surface area contributed by atoms with Crippen molar-refractivity contribution in [3.05, 3.63) is 80.0 Å². The van der Waals surface area contributed by atoms with Gasteiger partial charge in [-0.25, -0.2) is 4.98 Å². The van der Waals surface area contributed by atoms with Crippen molar-refractivity contribution in [1.29, 1.82) is 0 Å². The molecule has 0 atom stereocenters. The minimum atomic E-state index is -0.325. The summed E-state index contributed by atoms with van der Waals surface area (Å²) in [5.74, 6) is 0.899. The highest BCUT2D eigenvalue weighted by Gasteiger charge is 2.25. The minimum absolute atomic E-state index is 0.121. The van der Waals surface area contributed by atoms with Gasteiger partial charge in [-0.2, -0.15) is 0 Å². The fourth-order valence-electron chi connectivity index (χ4n) is 4.67. The van der Waals surface area contributed by atoms with E-state index < -0.39 is 0 Å². The Bertz CT molecular complexity index is 1400. The SMILES string of the molecule is Cn1c2ccccc2c(=O)c2c(=O)n(-c3cccc(Cl)c3)c(C3CCCCC3)nc21. The molecule has 0 radical (unpaired) electrons. The number of aromatic nitrogens is 3. The van der Waals surface area contributed by atoms with Crippen LogP contribution >= 0.6 is 11.6 Å². The van der Waals surface area contributed by atoms with Gasteiger partial charge in [-0.15, -0.1) is 0 Å². The third kappa shape index (κ3) is 2.96. The molecular formula is C24H22ClN3O2. The topological polar surface area (TPSA) is 56.9 Å². The first kappa shape index (κ1) is 19.1. The summed E-state index contributed by atoms with van der Waals surface area (Å²) in [4.78, 5) is 32.1. The Labute approximate surface area is 178 Å². The Balaban J connectivity index is 1.94. The number of hydrogen-bond donors (Lipinski definition) is 0. The van der Waals surface area contributed by atoms with E-state index in [1.54, 1.807) is 22.8 Å². The standard InChI is InChI=1S/C24H22ClN3O2/c1-27-19-13-6-5-12-18(19)21(29)20-23(27)26-22(15-8-3-2-4-9-15)28(24(20)30)17-11-7-10-16(25)14-17/h5-7,10-15H,2-4,8-9H2,1H3. The molecule has 0 aliphatic heterocycles. The van der Waals surface area contributed by atoms with E-state index in [2.05, 4.69) is 0 Å². The molecule has 4 aromatic rings. The summed E-state index contributed by atoms with van der Waals surface area (Å²) in [6.07, 6.45) is 5.41. The second-order valence-electron chi connectivity index (χ2n) is 8.03. The highest BCUT2D eigenvalue weighted by molar-refractivity contribution is 6.30. The molecule has 1 aliphatic carbocycles. The summed E-state index contributed by atoms with van der Waals surface area (Å²) in [7, 11) is 1.87. The average Bonchev–Trinajstić information content (AvgIpc) is 2.77. The van der Waals surface area contributed by atoms with Gasteiger partial charge in [-0.3, -0.25) is 14.2 Å². The summed E-state index contributed by atoms with van der Waals surface area (Å²) in [6, 6.07) is 14.6. The number of nitrogens with zero attached hydrogens (tertiary/aromatic N) is 3. The molecule has 6 heteroatoms. The van der Waals surface area contributed by atoms with Gasteiger partial charge in [-0.05, 0) is 43.2 Å². The zero-order valence-corrected chi connectivity index (χ0v) is 17.5. The number of para-hydroxylation sites is 1. The highest BCUT2D eigenvalue weighted by Crippen LogP contribution is 2.33. The molecule has 30 heavy (non-hydrogen) atoms. The molecule has 0 unspecified atom stereocenters. The molecule has 0 spiro atoms. The van der Waals surface area contributed by atoms with Crippen LogP contribution in [0.3, 0.4) is 0 Å². The van der Waals surface area contributed by atoms with Gasteiger partial charge >= 0.3 is 0 Å². The summed E-state index contributed by atoms with van der Waals surface area (Å²) in [5.41, 5.74) is 1.27. The summed E-state index contributed by atoms with van der Waals surface area (Å²) in [6.45, 7) is 0. The van der Waals surface area contributed by atoms with Gasteiger partial charge in [-0.1, -0.05) is 49.1 Å². The number of halogens is 1. The largest absolute Gasteiger partial charge is 0.328 e. The molecule has 0 saturated heterocycles. The number of hydrogen-bond acceptors (Lipinski definition) is 3. The maximum absolute atomic E-state index is 13.8. The van der Waals surface area contributed by atoms with E-state index in [-0.39, 0.29) is 22.3 Å². The third-order valence-electron chi connectivity index (χ3n) is 6.18. The first-order valence-electron chi connectivity index (χ1n) is 10.4. The average molecular weight is 420 g/mol. The molecule has 152 valence electrons. The maximum atomic E-state index is 13.8. The summed E-state index contributed by atoms with van der Waals surface area (Å²) >= 11 is 6.24. The Morgan fingerprint density at radius 1 is 1.00 bits per heavy atom. The monoisotopic (exact) mass is 419 g/mol. The van der Waals surface area contributed by atoms with Gasteiger partial charge < -0.3 is 4.57 Å². The second kappa shape index (κ2) is 7.40. The minimum Gasteiger partial charge on any atom is -0.328 e. The van der Waals surface area contributed by atoms with Gasteiger partial charge in [0, 0.05) is 23.4 Å². The molecule has 1 fully saturated rings. The Hall–Kier alpha value is -2.92. The van der Waals surface area contributed by atoms with Crippen LogP contribution in [0.4, 0.5) is 0 Å². The van der Waals surface area contributed by atoms with Crippen LogP contribution in [0.15, 0.2) is 58.1 Å². The van der Waals surface area contributed by atoms with Crippen molar-refractivity contribution in [2.45, 2.75) is 38.0 Å². The molecular weight excluding hydrogens is 398 g/mol. The van der Waals surface area contributed by atoms with Crippen molar-refractivity contribution < 1.29 is 0 Å². The van der Waals surface area contributed by atoms with Crippen molar-refractivity contribution in [2.24, 2.45) is 7.05 Å². The van der Waals surface area contributed by atoms with Gasteiger partial charge in [0.15, 0.2) is 5.65 Å². The maximum Gasteiger partial charge on any atom is 0.271 e. The lowest BCUT2D eigenvalue weighted by Crippen LogP contribution is -2.31. The number of rotatable bonds is 2. The van der Waals surface area contributed by atoms with Crippen LogP contribution in [0.5, 0.6) is 0 Å². The molecule has 2 aromatic carbocycles. The molecule has 2 aromatic heterocycles. The van der Waals surface area contributed by atoms with Gasteiger partial charge in [0.25, 0.3) is 5.56 Å². The number of aryl methyl sites for hydroxylation is 1. The van der Waals surface area contributed by atoms with E-state index in [0.717, 1.165) is 37.0 Å². The molecule has 1 saturated carbocycles. The van der Waals surface area contributed by atoms with Crippen molar-refractivity contribution >= 4 is 33.5 Å². The highest BCUT2D eigenvalue weighted by atomic mass is 35.5. The van der Waals surface area contributed by atoms with E-state index in [1.807, 2.05) is 41.9 Å². The molecule has 0 N–H and O–H groups in total. The van der Waals surface area contributed by atoms with Crippen LogP contribution in [0.1, 0.15) is 43.8 Å². The Morgan fingerprint density at radius 2 is 1.77 bits per heavy atom.